The van der Waals surface area contributed by atoms with Crippen molar-refractivity contribution in [1.29, 1.82) is 0 Å². The first-order valence-corrected chi connectivity index (χ1v) is 5.36. The molecule has 0 aliphatic heterocycles. The average Bonchev–Trinajstić information content (AvgIpc) is 2.27. The number of benzene rings is 1. The molecule has 1 aromatic carbocycles. The van der Waals surface area contributed by atoms with Crippen molar-refractivity contribution in [2.24, 2.45) is 0 Å². The van der Waals surface area contributed by atoms with Gasteiger partial charge in [-0.15, -0.1) is 5.06 Å². The normalized spacial score (nSPS) is 12.5. The summed E-state index contributed by atoms with van der Waals surface area (Å²) < 4.78 is 0. The third-order valence-corrected chi connectivity index (χ3v) is 2.39. The predicted octanol–water partition coefficient (Wildman–Crippen LogP) is 3.01. The van der Waals surface area contributed by atoms with E-state index in [0.29, 0.717) is 6.04 Å². The van der Waals surface area contributed by atoms with Gasteiger partial charge in [0.2, 0.25) is 0 Å². The van der Waals surface area contributed by atoms with Gasteiger partial charge in [-0.2, -0.15) is 0 Å². The van der Waals surface area contributed by atoms with Crippen LogP contribution in [0.5, 0.6) is 0 Å². The van der Waals surface area contributed by atoms with Crippen LogP contribution in [0.15, 0.2) is 43.2 Å². The van der Waals surface area contributed by atoms with Crippen LogP contribution in [0.4, 0.5) is 0 Å². The van der Waals surface area contributed by atoms with E-state index >= 15 is 0 Å². The molecule has 2 nitrogen and oxygen atoms in total. The Kier molecular flexibility index (Phi) is 4.91. The smallest absolute Gasteiger partial charge is 0.104 e. The molecule has 15 heavy (non-hydrogen) atoms. The Morgan fingerprint density at radius 3 is 2.60 bits per heavy atom. The van der Waals surface area contributed by atoms with Gasteiger partial charge in [-0.3, -0.25) is 0 Å². The van der Waals surface area contributed by atoms with Crippen molar-refractivity contribution in [3.05, 3.63) is 48.7 Å². The van der Waals surface area contributed by atoms with Gasteiger partial charge in [-0.05, 0) is 25.8 Å². The monoisotopic (exact) mass is 205 g/mol. The van der Waals surface area contributed by atoms with E-state index in [1.165, 1.54) is 11.8 Å². The van der Waals surface area contributed by atoms with Crippen molar-refractivity contribution in [3.8, 4) is 0 Å². The summed E-state index contributed by atoms with van der Waals surface area (Å²) in [4.78, 5) is 5.32. The van der Waals surface area contributed by atoms with Crippen LogP contribution in [0.25, 0.3) is 0 Å². The molecule has 0 heterocycles. The van der Waals surface area contributed by atoms with Crippen LogP contribution in [0.2, 0.25) is 0 Å². The lowest BCUT2D eigenvalue weighted by Crippen LogP contribution is -2.33. The summed E-state index contributed by atoms with van der Waals surface area (Å²) >= 11 is 0. The largest absolute Gasteiger partial charge is 0.414 e. The zero-order chi connectivity index (χ0) is 11.1. The molecule has 82 valence electrons. The fraction of sp³-hybridized carbons (Fsp3) is 0.385. The first-order valence-electron chi connectivity index (χ1n) is 5.36. The number of rotatable bonds is 6. The van der Waals surface area contributed by atoms with Crippen LogP contribution < -0.4 is 0 Å². The average molecular weight is 205 g/mol. The van der Waals surface area contributed by atoms with E-state index in [9.17, 15) is 0 Å². The maximum atomic E-state index is 5.32. The molecule has 1 aromatic rings. The highest BCUT2D eigenvalue weighted by atomic mass is 16.7. The third kappa shape index (κ3) is 3.76. The van der Waals surface area contributed by atoms with Crippen LogP contribution in [-0.2, 0) is 11.3 Å². The summed E-state index contributed by atoms with van der Waals surface area (Å²) in [5.41, 5.74) is 1.33. The van der Waals surface area contributed by atoms with Crippen LogP contribution in [0.3, 0.4) is 0 Å². The van der Waals surface area contributed by atoms with Gasteiger partial charge in [0.1, 0.15) is 6.26 Å². The molecule has 2 heteroatoms. The molecule has 0 bridgehead atoms. The molecule has 0 radical (unpaired) electrons. The molecule has 0 saturated carbocycles. The van der Waals surface area contributed by atoms with E-state index < -0.39 is 0 Å². The fourth-order valence-corrected chi connectivity index (χ4v) is 1.64. The zero-order valence-corrected chi connectivity index (χ0v) is 9.52. The fourth-order valence-electron chi connectivity index (χ4n) is 1.64. The number of hydroxylamine groups is 2. The van der Waals surface area contributed by atoms with Crippen LogP contribution in [0, 0.1) is 0 Å². The highest BCUT2D eigenvalue weighted by Crippen LogP contribution is 2.08. The quantitative estimate of drug-likeness (QED) is 0.523. The first-order chi connectivity index (χ1) is 7.27. The third-order valence-electron chi connectivity index (χ3n) is 2.39. The molecule has 0 spiro atoms. The van der Waals surface area contributed by atoms with E-state index in [1.807, 2.05) is 11.1 Å². The molecule has 0 aromatic heterocycles. The van der Waals surface area contributed by atoms with Gasteiger partial charge in [-0.1, -0.05) is 36.9 Å². The second-order valence-corrected chi connectivity index (χ2v) is 3.54. The predicted molar refractivity (Wildman–Crippen MR) is 63.3 cm³/mol. The number of hydrogen-bond donors (Lipinski definition) is 0. The summed E-state index contributed by atoms with van der Waals surface area (Å²) in [6.07, 6.45) is 2.47. The Balaban J connectivity index is 2.53. The van der Waals surface area contributed by atoms with Crippen LogP contribution >= 0.6 is 0 Å². The molecule has 1 unspecified atom stereocenters. The number of nitrogens with zero attached hydrogens (tertiary/aromatic N) is 1. The van der Waals surface area contributed by atoms with E-state index in [0.717, 1.165) is 13.0 Å². The van der Waals surface area contributed by atoms with Gasteiger partial charge in [0.25, 0.3) is 0 Å². The molecular weight excluding hydrogens is 186 g/mol. The molecule has 1 atom stereocenters. The van der Waals surface area contributed by atoms with Crippen molar-refractivity contribution < 1.29 is 4.84 Å². The highest BCUT2D eigenvalue weighted by molar-refractivity contribution is 5.15. The van der Waals surface area contributed by atoms with Crippen molar-refractivity contribution >= 4 is 0 Å². The van der Waals surface area contributed by atoms with Gasteiger partial charge in [0.15, 0.2) is 0 Å². The summed E-state index contributed by atoms with van der Waals surface area (Å²) in [5.74, 6) is 0. The summed E-state index contributed by atoms with van der Waals surface area (Å²) in [5, 5.41) is 1.93. The van der Waals surface area contributed by atoms with Crippen molar-refractivity contribution in [3.63, 3.8) is 0 Å². The minimum Gasteiger partial charge on any atom is -0.414 e. The van der Waals surface area contributed by atoms with Gasteiger partial charge in [0.05, 0.1) is 0 Å². The molecule has 0 amide bonds. The van der Waals surface area contributed by atoms with Crippen molar-refractivity contribution in [1.82, 2.24) is 5.06 Å². The second-order valence-electron chi connectivity index (χ2n) is 3.54. The zero-order valence-electron chi connectivity index (χ0n) is 9.52. The topological polar surface area (TPSA) is 12.5 Å². The van der Waals surface area contributed by atoms with Crippen LogP contribution in [-0.4, -0.2) is 17.6 Å². The van der Waals surface area contributed by atoms with Gasteiger partial charge in [-0.25, -0.2) is 0 Å². The Bertz CT molecular complexity index is 284. The molecule has 0 saturated heterocycles. The molecule has 0 aliphatic rings. The Morgan fingerprint density at radius 1 is 1.40 bits per heavy atom. The number of likely N-dealkylation sites (N-methyl/N-ethyl adjacent to an activating group) is 1. The maximum Gasteiger partial charge on any atom is 0.104 e. The van der Waals surface area contributed by atoms with Crippen LogP contribution in [0.1, 0.15) is 19.4 Å². The van der Waals surface area contributed by atoms with E-state index in [2.05, 4.69) is 44.7 Å². The highest BCUT2D eigenvalue weighted by Gasteiger charge is 2.12. The van der Waals surface area contributed by atoms with E-state index in [4.69, 9.17) is 4.84 Å². The van der Waals surface area contributed by atoms with Crippen molar-refractivity contribution in [2.75, 3.05) is 6.54 Å². The van der Waals surface area contributed by atoms with E-state index in [-0.39, 0.29) is 0 Å². The standard InChI is InChI=1S/C13H19NO/c1-4-14(15-5-2)12(3)11-13-9-7-6-8-10-13/h5-10,12H,2,4,11H2,1,3H3. The summed E-state index contributed by atoms with van der Waals surface area (Å²) in [6.45, 7) is 8.66. The number of hydrogen-bond acceptors (Lipinski definition) is 2. The van der Waals surface area contributed by atoms with Crippen molar-refractivity contribution in [2.45, 2.75) is 26.3 Å². The molecule has 0 aliphatic carbocycles. The molecule has 0 fully saturated rings. The molecular formula is C13H19NO. The lowest BCUT2D eigenvalue weighted by atomic mass is 10.1. The minimum atomic E-state index is 0.357. The minimum absolute atomic E-state index is 0.357. The lowest BCUT2D eigenvalue weighted by molar-refractivity contribution is -0.127. The first kappa shape index (κ1) is 11.8. The summed E-state index contributed by atoms with van der Waals surface area (Å²) in [6, 6.07) is 10.8. The van der Waals surface area contributed by atoms with Gasteiger partial charge >= 0.3 is 0 Å². The molecule has 0 N–H and O–H groups in total. The SMILES string of the molecule is C=CON(CC)C(C)Cc1ccccc1. The van der Waals surface area contributed by atoms with E-state index in [1.54, 1.807) is 0 Å². The van der Waals surface area contributed by atoms with Gasteiger partial charge < -0.3 is 4.84 Å². The Labute approximate surface area is 92.1 Å². The van der Waals surface area contributed by atoms with Gasteiger partial charge in [0, 0.05) is 12.6 Å². The summed E-state index contributed by atoms with van der Waals surface area (Å²) in [7, 11) is 0. The second kappa shape index (κ2) is 6.25. The maximum absolute atomic E-state index is 5.32. The molecule has 1 rings (SSSR count). The Hall–Kier alpha value is -1.28. The Morgan fingerprint density at radius 2 is 2.07 bits per heavy atom. The lowest BCUT2D eigenvalue weighted by Gasteiger charge is -2.25.